The molecule has 1 amide bonds. The van der Waals surface area contributed by atoms with Gasteiger partial charge in [-0.25, -0.2) is 4.79 Å². The Morgan fingerprint density at radius 2 is 1.58 bits per heavy atom. The number of amides is 1. The lowest BCUT2D eigenvalue weighted by atomic mass is 9.97. The molecule has 4 rings (SSSR count). The molecular weight excluding hydrogens is 516 g/mol. The quantitative estimate of drug-likeness (QED) is 0.241. The van der Waals surface area contributed by atoms with Gasteiger partial charge in [-0.1, -0.05) is 6.08 Å². The average molecular weight is 548 g/mol. The van der Waals surface area contributed by atoms with Crippen molar-refractivity contribution in [1.82, 2.24) is 9.80 Å². The Balaban J connectivity index is 1.59. The molecule has 0 radical (unpaired) electrons. The van der Waals surface area contributed by atoms with E-state index in [9.17, 15) is 31.1 Å². The number of amidine groups is 1. The maximum atomic E-state index is 13.4. The van der Waals surface area contributed by atoms with Gasteiger partial charge in [0.05, 0.1) is 23.7 Å². The van der Waals surface area contributed by atoms with Gasteiger partial charge in [-0.05, 0) is 63.3 Å². The molecule has 0 bridgehead atoms. The zero-order chi connectivity index (χ0) is 27.8. The van der Waals surface area contributed by atoms with E-state index in [0.717, 1.165) is 37.1 Å². The fraction of sp³-hybridized carbons (Fsp3) is 0.615. The van der Waals surface area contributed by atoms with Crippen LogP contribution in [0, 0.1) is 0 Å². The molecule has 0 aromatic heterocycles. The molecule has 2 saturated heterocycles. The lowest BCUT2D eigenvalue weighted by Crippen LogP contribution is -2.47. The topological polar surface area (TPSA) is 54.4 Å². The van der Waals surface area contributed by atoms with E-state index in [4.69, 9.17) is 9.47 Å². The van der Waals surface area contributed by atoms with Gasteiger partial charge in [0.2, 0.25) is 0 Å². The third-order valence-corrected chi connectivity index (χ3v) is 7.29. The number of hydrogen-bond acceptors (Lipinski definition) is 4. The molecule has 1 aromatic rings. The van der Waals surface area contributed by atoms with Gasteiger partial charge >= 0.3 is 18.4 Å². The molecule has 38 heavy (non-hydrogen) atoms. The minimum atomic E-state index is -5.00. The predicted octanol–water partition coefficient (Wildman–Crippen LogP) is 6.22. The number of carbonyl (C=O) groups excluding carboxylic acids is 1. The van der Waals surface area contributed by atoms with Crippen LogP contribution in [-0.4, -0.2) is 66.7 Å². The van der Waals surface area contributed by atoms with E-state index in [2.05, 4.69) is 9.89 Å². The summed E-state index contributed by atoms with van der Waals surface area (Å²) in [5.74, 6) is 0.726. The van der Waals surface area contributed by atoms with Crippen LogP contribution in [0.15, 0.2) is 34.8 Å². The third kappa shape index (κ3) is 5.94. The molecule has 1 saturated carbocycles. The molecule has 0 spiro atoms. The van der Waals surface area contributed by atoms with Crippen LogP contribution in [0.3, 0.4) is 0 Å². The van der Waals surface area contributed by atoms with Crippen LogP contribution < -0.4 is 0 Å². The molecule has 6 nitrogen and oxygen atoms in total. The second-order valence-corrected chi connectivity index (χ2v) is 9.86. The SMILES string of the molecule is CC=C(CN1C(=O)OC(c2cc(C(F)(F)F)cc(C(F)(F)F)c2)C1C)C(=NC)N(C1CCOCC1)C1CC1. The molecule has 210 valence electrons. The third-order valence-electron chi connectivity index (χ3n) is 7.29. The molecule has 12 heteroatoms. The molecule has 2 unspecified atom stereocenters. The number of allylic oxidation sites excluding steroid dienone is 1. The Morgan fingerprint density at radius 1 is 1.03 bits per heavy atom. The highest BCUT2D eigenvalue weighted by atomic mass is 19.4. The van der Waals surface area contributed by atoms with Gasteiger partial charge in [0.25, 0.3) is 0 Å². The van der Waals surface area contributed by atoms with Crippen molar-refractivity contribution in [2.75, 3.05) is 26.8 Å². The minimum absolute atomic E-state index is 0.0528. The van der Waals surface area contributed by atoms with Crippen LogP contribution in [0.4, 0.5) is 31.1 Å². The zero-order valence-corrected chi connectivity index (χ0v) is 21.4. The fourth-order valence-electron chi connectivity index (χ4n) is 5.16. The molecule has 2 aliphatic heterocycles. The maximum absolute atomic E-state index is 13.4. The number of aliphatic imine (C=N–C) groups is 1. The molecule has 2 atom stereocenters. The van der Waals surface area contributed by atoms with Gasteiger partial charge in [-0.15, -0.1) is 0 Å². The number of carbonyl (C=O) groups is 1. The van der Waals surface area contributed by atoms with E-state index >= 15 is 0 Å². The van der Waals surface area contributed by atoms with E-state index in [0.29, 0.717) is 31.4 Å². The monoisotopic (exact) mass is 547 g/mol. The highest BCUT2D eigenvalue weighted by Crippen LogP contribution is 2.41. The molecule has 2 heterocycles. The zero-order valence-electron chi connectivity index (χ0n) is 21.4. The number of alkyl halides is 6. The predicted molar refractivity (Wildman–Crippen MR) is 128 cm³/mol. The fourth-order valence-corrected chi connectivity index (χ4v) is 5.16. The lowest BCUT2D eigenvalue weighted by Gasteiger charge is -2.38. The number of hydrogen-bond donors (Lipinski definition) is 0. The van der Waals surface area contributed by atoms with Crippen LogP contribution in [-0.2, 0) is 21.8 Å². The molecule has 0 N–H and O–H groups in total. The van der Waals surface area contributed by atoms with E-state index in [-0.39, 0.29) is 24.2 Å². The smallest absolute Gasteiger partial charge is 0.416 e. The van der Waals surface area contributed by atoms with Gasteiger partial charge in [-0.2, -0.15) is 26.3 Å². The summed E-state index contributed by atoms with van der Waals surface area (Å²) in [5, 5.41) is 0. The van der Waals surface area contributed by atoms with Crippen molar-refractivity contribution < 1.29 is 40.6 Å². The standard InChI is InChI=1S/C26H31F6N3O3/c1-4-16(23(33-3)35(20-5-6-20)21-7-9-37-10-8-21)14-34-15(2)22(38-24(34)36)17-11-18(25(27,28)29)13-19(12-17)26(30,31)32/h4,11-13,15,20-22H,5-10,14H2,1-3H3. The van der Waals surface area contributed by atoms with Crippen LogP contribution in [0.2, 0.25) is 0 Å². The van der Waals surface area contributed by atoms with Crippen molar-refractivity contribution in [2.24, 2.45) is 4.99 Å². The largest absolute Gasteiger partial charge is 0.439 e. The summed E-state index contributed by atoms with van der Waals surface area (Å²) in [6.45, 7) is 4.70. The van der Waals surface area contributed by atoms with E-state index in [1.54, 1.807) is 14.0 Å². The van der Waals surface area contributed by atoms with Crippen LogP contribution in [0.5, 0.6) is 0 Å². The summed E-state index contributed by atoms with van der Waals surface area (Å²) in [4.78, 5) is 21.0. The Labute approximate surface area is 217 Å². The number of ether oxygens (including phenoxy) is 2. The van der Waals surface area contributed by atoms with Gasteiger partial charge in [0.1, 0.15) is 11.9 Å². The molecule has 3 aliphatic rings. The van der Waals surface area contributed by atoms with Gasteiger partial charge in [0.15, 0.2) is 0 Å². The number of halogens is 6. The average Bonchev–Trinajstić information content (AvgIpc) is 3.66. The van der Waals surface area contributed by atoms with Crippen LogP contribution >= 0.6 is 0 Å². The Hall–Kier alpha value is -2.76. The summed E-state index contributed by atoms with van der Waals surface area (Å²) in [6.07, 6.45) is -6.56. The van der Waals surface area contributed by atoms with Crippen molar-refractivity contribution in [3.05, 3.63) is 46.5 Å². The van der Waals surface area contributed by atoms with Gasteiger partial charge < -0.3 is 14.4 Å². The minimum Gasteiger partial charge on any atom is -0.439 e. The lowest BCUT2D eigenvalue weighted by molar-refractivity contribution is -0.143. The van der Waals surface area contributed by atoms with Crippen molar-refractivity contribution >= 4 is 11.9 Å². The first kappa shape index (κ1) is 28.3. The van der Waals surface area contributed by atoms with Crippen molar-refractivity contribution in [3.8, 4) is 0 Å². The number of nitrogens with zero attached hydrogens (tertiary/aromatic N) is 3. The molecule has 1 aromatic carbocycles. The normalized spacial score (nSPS) is 24.1. The second-order valence-electron chi connectivity index (χ2n) is 9.86. The van der Waals surface area contributed by atoms with Gasteiger partial charge in [-0.3, -0.25) is 9.89 Å². The van der Waals surface area contributed by atoms with Crippen molar-refractivity contribution in [2.45, 2.75) is 76.1 Å². The van der Waals surface area contributed by atoms with E-state index in [1.165, 1.54) is 4.90 Å². The molecule has 1 aliphatic carbocycles. The van der Waals surface area contributed by atoms with Crippen molar-refractivity contribution in [1.29, 1.82) is 0 Å². The van der Waals surface area contributed by atoms with E-state index < -0.39 is 41.7 Å². The summed E-state index contributed by atoms with van der Waals surface area (Å²) < 4.78 is 91.3. The number of cyclic esters (lactones) is 1. The number of benzene rings is 1. The summed E-state index contributed by atoms with van der Waals surface area (Å²) in [7, 11) is 1.67. The maximum Gasteiger partial charge on any atom is 0.416 e. The van der Waals surface area contributed by atoms with Gasteiger partial charge in [0, 0.05) is 37.9 Å². The van der Waals surface area contributed by atoms with Crippen molar-refractivity contribution in [3.63, 3.8) is 0 Å². The Morgan fingerprint density at radius 3 is 2.05 bits per heavy atom. The van der Waals surface area contributed by atoms with Crippen LogP contribution in [0.25, 0.3) is 0 Å². The summed E-state index contributed by atoms with van der Waals surface area (Å²) in [6, 6.07) is 1.02. The number of rotatable bonds is 6. The summed E-state index contributed by atoms with van der Waals surface area (Å²) in [5.41, 5.74) is -2.52. The van der Waals surface area contributed by atoms with E-state index in [1.807, 2.05) is 13.0 Å². The Kier molecular flexibility index (Phi) is 8.02. The summed E-state index contributed by atoms with van der Waals surface area (Å²) >= 11 is 0. The second kappa shape index (κ2) is 10.8. The first-order valence-electron chi connectivity index (χ1n) is 12.6. The highest BCUT2D eigenvalue weighted by Gasteiger charge is 2.44. The Bertz CT molecular complexity index is 1060. The molecule has 3 fully saturated rings. The first-order chi connectivity index (χ1) is 17.8. The van der Waals surface area contributed by atoms with Crippen LogP contribution in [0.1, 0.15) is 62.3 Å². The highest BCUT2D eigenvalue weighted by molar-refractivity contribution is 5.99. The molecular formula is C26H31F6N3O3. The first-order valence-corrected chi connectivity index (χ1v) is 12.6.